The molecule has 0 aliphatic rings. The normalized spacial score (nSPS) is 12.1. The van der Waals surface area contributed by atoms with Crippen molar-refractivity contribution in [3.05, 3.63) is 18.1 Å². The van der Waals surface area contributed by atoms with Gasteiger partial charge in [-0.1, -0.05) is 0 Å². The minimum atomic E-state index is -0.299. The van der Waals surface area contributed by atoms with Gasteiger partial charge in [-0.05, 0) is 13.8 Å². The smallest absolute Gasteiger partial charge is 0.271 e. The van der Waals surface area contributed by atoms with Gasteiger partial charge >= 0.3 is 0 Å². The van der Waals surface area contributed by atoms with Gasteiger partial charge in [0.05, 0.1) is 19.0 Å². The molecule has 0 bridgehead atoms. The van der Waals surface area contributed by atoms with Gasteiger partial charge in [-0.2, -0.15) is 0 Å². The monoisotopic (exact) mass is 224 g/mol. The van der Waals surface area contributed by atoms with E-state index in [4.69, 9.17) is 10.5 Å². The van der Waals surface area contributed by atoms with Crippen molar-refractivity contribution >= 4 is 11.7 Å². The zero-order valence-corrected chi connectivity index (χ0v) is 9.43. The molecular formula is C10H16N4O2. The van der Waals surface area contributed by atoms with Crippen molar-refractivity contribution in [2.24, 2.45) is 0 Å². The lowest BCUT2D eigenvalue weighted by Gasteiger charge is -2.12. The summed E-state index contributed by atoms with van der Waals surface area (Å²) < 4.78 is 5.18. The number of rotatable bonds is 5. The number of ether oxygens (including phenoxy) is 1. The van der Waals surface area contributed by atoms with E-state index in [2.05, 4.69) is 15.3 Å². The van der Waals surface area contributed by atoms with Crippen LogP contribution in [0.25, 0.3) is 0 Å². The highest BCUT2D eigenvalue weighted by molar-refractivity contribution is 5.92. The lowest BCUT2D eigenvalue weighted by molar-refractivity contribution is 0.0867. The molecule has 16 heavy (non-hydrogen) atoms. The Bertz CT molecular complexity index is 356. The van der Waals surface area contributed by atoms with Crippen molar-refractivity contribution in [2.45, 2.75) is 19.9 Å². The fraction of sp³-hybridized carbons (Fsp3) is 0.500. The van der Waals surface area contributed by atoms with Crippen molar-refractivity contribution < 1.29 is 9.53 Å². The third-order valence-electron chi connectivity index (χ3n) is 1.84. The quantitative estimate of drug-likeness (QED) is 0.746. The highest BCUT2D eigenvalue weighted by atomic mass is 16.5. The van der Waals surface area contributed by atoms with Crippen LogP contribution in [0.5, 0.6) is 0 Å². The summed E-state index contributed by atoms with van der Waals surface area (Å²) in [4.78, 5) is 19.3. The van der Waals surface area contributed by atoms with Crippen LogP contribution in [-0.4, -0.2) is 35.1 Å². The van der Waals surface area contributed by atoms with E-state index in [0.29, 0.717) is 13.2 Å². The second-order valence-corrected chi connectivity index (χ2v) is 3.36. The van der Waals surface area contributed by atoms with Crippen LogP contribution in [0.15, 0.2) is 12.4 Å². The van der Waals surface area contributed by atoms with Gasteiger partial charge in [-0.25, -0.2) is 4.98 Å². The molecule has 6 heteroatoms. The fourth-order valence-corrected chi connectivity index (χ4v) is 1.12. The first-order valence-corrected chi connectivity index (χ1v) is 5.09. The highest BCUT2D eigenvalue weighted by Crippen LogP contribution is 1.97. The van der Waals surface area contributed by atoms with Gasteiger partial charge in [0.15, 0.2) is 0 Å². The number of nitrogens with two attached hydrogens (primary N) is 1. The summed E-state index contributed by atoms with van der Waals surface area (Å²) >= 11 is 0. The SMILES string of the molecule is CCOCC(C)NC(=O)c1cncc(N)n1. The van der Waals surface area contributed by atoms with E-state index in [-0.39, 0.29) is 23.5 Å². The Morgan fingerprint density at radius 2 is 2.38 bits per heavy atom. The van der Waals surface area contributed by atoms with Gasteiger partial charge in [-0.15, -0.1) is 0 Å². The summed E-state index contributed by atoms with van der Waals surface area (Å²) in [7, 11) is 0. The summed E-state index contributed by atoms with van der Waals surface area (Å²) in [6, 6.07) is -0.0734. The maximum absolute atomic E-state index is 11.6. The number of nitrogens with one attached hydrogen (secondary N) is 1. The van der Waals surface area contributed by atoms with E-state index in [0.717, 1.165) is 0 Å². The minimum Gasteiger partial charge on any atom is -0.382 e. The molecule has 0 aromatic carbocycles. The van der Waals surface area contributed by atoms with E-state index >= 15 is 0 Å². The van der Waals surface area contributed by atoms with Crippen LogP contribution >= 0.6 is 0 Å². The molecule has 0 saturated carbocycles. The zero-order valence-electron chi connectivity index (χ0n) is 9.43. The number of nitrogen functional groups attached to an aromatic ring is 1. The Morgan fingerprint density at radius 3 is 3.00 bits per heavy atom. The lowest BCUT2D eigenvalue weighted by atomic mass is 10.3. The Balaban J connectivity index is 2.52. The molecule has 1 rings (SSSR count). The molecule has 1 heterocycles. The fourth-order valence-electron chi connectivity index (χ4n) is 1.12. The number of anilines is 1. The summed E-state index contributed by atoms with van der Waals surface area (Å²) in [5, 5.41) is 2.74. The van der Waals surface area contributed by atoms with Crippen LogP contribution in [0.3, 0.4) is 0 Å². The Labute approximate surface area is 94.2 Å². The van der Waals surface area contributed by atoms with Gasteiger partial charge in [0.25, 0.3) is 5.91 Å². The number of nitrogens with zero attached hydrogens (tertiary/aromatic N) is 2. The molecule has 0 aliphatic carbocycles. The second kappa shape index (κ2) is 6.02. The van der Waals surface area contributed by atoms with Gasteiger partial charge < -0.3 is 15.8 Å². The first-order chi connectivity index (χ1) is 7.63. The Morgan fingerprint density at radius 1 is 1.62 bits per heavy atom. The number of hydrogen-bond acceptors (Lipinski definition) is 5. The molecule has 0 radical (unpaired) electrons. The minimum absolute atomic E-state index is 0.0734. The number of amides is 1. The van der Waals surface area contributed by atoms with Crippen molar-refractivity contribution in [1.29, 1.82) is 0 Å². The number of carbonyl (C=O) groups is 1. The molecule has 1 aromatic rings. The molecule has 1 atom stereocenters. The molecule has 0 saturated heterocycles. The predicted molar refractivity (Wildman–Crippen MR) is 59.9 cm³/mol. The van der Waals surface area contributed by atoms with Crippen LogP contribution in [0.4, 0.5) is 5.82 Å². The van der Waals surface area contributed by atoms with Gasteiger partial charge in [0.1, 0.15) is 11.5 Å². The number of hydrogen-bond donors (Lipinski definition) is 2. The molecule has 0 aliphatic heterocycles. The zero-order chi connectivity index (χ0) is 12.0. The third-order valence-corrected chi connectivity index (χ3v) is 1.84. The highest BCUT2D eigenvalue weighted by Gasteiger charge is 2.11. The first-order valence-electron chi connectivity index (χ1n) is 5.09. The van der Waals surface area contributed by atoms with Gasteiger partial charge in [0, 0.05) is 12.6 Å². The van der Waals surface area contributed by atoms with Crippen molar-refractivity contribution in [1.82, 2.24) is 15.3 Å². The van der Waals surface area contributed by atoms with Crippen LogP contribution in [-0.2, 0) is 4.74 Å². The largest absolute Gasteiger partial charge is 0.382 e. The molecule has 6 nitrogen and oxygen atoms in total. The molecule has 0 spiro atoms. The first kappa shape index (κ1) is 12.4. The summed E-state index contributed by atoms with van der Waals surface area (Å²) in [5.74, 6) is -0.0721. The van der Waals surface area contributed by atoms with E-state index < -0.39 is 0 Å². The third kappa shape index (κ3) is 3.82. The topological polar surface area (TPSA) is 90.1 Å². The number of aromatic nitrogens is 2. The van der Waals surface area contributed by atoms with E-state index in [1.165, 1.54) is 12.4 Å². The average Bonchev–Trinajstić information content (AvgIpc) is 2.26. The van der Waals surface area contributed by atoms with Crippen molar-refractivity contribution in [2.75, 3.05) is 18.9 Å². The van der Waals surface area contributed by atoms with Crippen molar-refractivity contribution in [3.63, 3.8) is 0 Å². The van der Waals surface area contributed by atoms with Crippen LogP contribution in [0, 0.1) is 0 Å². The molecule has 3 N–H and O–H groups in total. The molecule has 0 fully saturated rings. The van der Waals surface area contributed by atoms with Gasteiger partial charge in [0.2, 0.25) is 0 Å². The van der Waals surface area contributed by atoms with Crippen LogP contribution in [0.1, 0.15) is 24.3 Å². The van der Waals surface area contributed by atoms with Gasteiger partial charge in [-0.3, -0.25) is 9.78 Å². The second-order valence-electron chi connectivity index (χ2n) is 3.36. The molecule has 1 amide bonds. The Kier molecular flexibility index (Phi) is 4.65. The maximum Gasteiger partial charge on any atom is 0.271 e. The summed E-state index contributed by atoms with van der Waals surface area (Å²) in [6.45, 7) is 4.85. The molecule has 88 valence electrons. The molecule has 1 aromatic heterocycles. The molecule has 1 unspecified atom stereocenters. The van der Waals surface area contributed by atoms with Crippen LogP contribution in [0.2, 0.25) is 0 Å². The molecular weight excluding hydrogens is 208 g/mol. The van der Waals surface area contributed by atoms with Crippen molar-refractivity contribution in [3.8, 4) is 0 Å². The average molecular weight is 224 g/mol. The predicted octanol–water partition coefficient (Wildman–Crippen LogP) is 0.214. The van der Waals surface area contributed by atoms with Crippen LogP contribution < -0.4 is 11.1 Å². The van der Waals surface area contributed by atoms with E-state index in [1.807, 2.05) is 13.8 Å². The lowest BCUT2D eigenvalue weighted by Crippen LogP contribution is -2.36. The maximum atomic E-state index is 11.6. The summed E-state index contributed by atoms with van der Waals surface area (Å²) in [6.07, 6.45) is 2.76. The van der Waals surface area contributed by atoms with E-state index in [9.17, 15) is 4.79 Å². The van der Waals surface area contributed by atoms with E-state index in [1.54, 1.807) is 0 Å². The Hall–Kier alpha value is -1.69. The number of carbonyl (C=O) groups excluding carboxylic acids is 1. The summed E-state index contributed by atoms with van der Waals surface area (Å²) in [5.41, 5.74) is 5.64. The standard InChI is InChI=1S/C10H16N4O2/c1-3-16-6-7(2)13-10(15)8-4-12-5-9(11)14-8/h4-5,7H,3,6H2,1-2H3,(H2,11,14)(H,13,15).